The summed E-state index contributed by atoms with van der Waals surface area (Å²) in [7, 11) is 0. The first-order chi connectivity index (χ1) is 34.0. The highest BCUT2D eigenvalue weighted by Crippen LogP contribution is 2.13. The normalized spacial score (nSPS) is 13.0. The number of hydrogen-bond acceptors (Lipinski definition) is 6. The maximum absolute atomic E-state index is 12.8. The SMILES string of the molecule is CC/C=C\C/C=C\C/C=C\C/C=C\C/C=C\CCCC(=O)OC(COC(=O)CCCCCCC/C=C\C/C=C\CCC)COC(=O)CCCCCCCC/C=C\C/C=C\C/C=C\CCCCCCC. The minimum atomic E-state index is -0.823. The number of esters is 3. The Hall–Kier alpha value is -4.19. The van der Waals surface area contributed by atoms with Crippen LogP contribution in [-0.4, -0.2) is 37.2 Å². The summed E-state index contributed by atoms with van der Waals surface area (Å²) >= 11 is 0. The number of ether oxygens (including phenoxy) is 3. The third kappa shape index (κ3) is 54.6. The molecule has 0 rings (SSSR count). The molecule has 0 amide bonds. The first-order valence-corrected chi connectivity index (χ1v) is 28.0. The Kier molecular flexibility index (Phi) is 53.0. The van der Waals surface area contributed by atoms with Crippen LogP contribution in [0.2, 0.25) is 0 Å². The summed E-state index contributed by atoms with van der Waals surface area (Å²) in [6, 6.07) is 0. The lowest BCUT2D eigenvalue weighted by atomic mass is 10.1. The Morgan fingerprint density at radius 3 is 0.986 bits per heavy atom. The minimum Gasteiger partial charge on any atom is -0.462 e. The fourth-order valence-corrected chi connectivity index (χ4v) is 7.23. The van der Waals surface area contributed by atoms with Crippen molar-refractivity contribution in [3.63, 3.8) is 0 Å². The molecular formula is C63H102O6. The monoisotopic (exact) mass is 955 g/mol. The molecule has 0 radical (unpaired) electrons. The molecule has 0 saturated carbocycles. The van der Waals surface area contributed by atoms with Gasteiger partial charge in [0.2, 0.25) is 0 Å². The lowest BCUT2D eigenvalue weighted by Crippen LogP contribution is -2.30. The van der Waals surface area contributed by atoms with E-state index in [-0.39, 0.29) is 37.5 Å². The average molecular weight is 956 g/mol. The van der Waals surface area contributed by atoms with Crippen LogP contribution in [0.15, 0.2) is 122 Å². The quantitative estimate of drug-likeness (QED) is 0.0262. The van der Waals surface area contributed by atoms with Crippen LogP contribution in [0.4, 0.5) is 0 Å². The predicted molar refractivity (Wildman–Crippen MR) is 297 cm³/mol. The second-order valence-electron chi connectivity index (χ2n) is 18.1. The molecule has 1 unspecified atom stereocenters. The van der Waals surface area contributed by atoms with Gasteiger partial charge in [0.15, 0.2) is 6.10 Å². The van der Waals surface area contributed by atoms with Crippen LogP contribution >= 0.6 is 0 Å². The fourth-order valence-electron chi connectivity index (χ4n) is 7.23. The third-order valence-electron chi connectivity index (χ3n) is 11.4. The molecule has 1 atom stereocenters. The highest BCUT2D eigenvalue weighted by atomic mass is 16.6. The maximum Gasteiger partial charge on any atom is 0.306 e. The Labute approximate surface area is 424 Å². The van der Waals surface area contributed by atoms with E-state index in [1.165, 1.54) is 57.8 Å². The van der Waals surface area contributed by atoms with Gasteiger partial charge in [-0.05, 0) is 122 Å². The van der Waals surface area contributed by atoms with Crippen molar-refractivity contribution in [2.75, 3.05) is 13.2 Å². The molecule has 6 heteroatoms. The van der Waals surface area contributed by atoms with E-state index >= 15 is 0 Å². The van der Waals surface area contributed by atoms with Gasteiger partial charge in [-0.15, -0.1) is 0 Å². The lowest BCUT2D eigenvalue weighted by Gasteiger charge is -2.18. The van der Waals surface area contributed by atoms with Gasteiger partial charge in [0.05, 0.1) is 0 Å². The van der Waals surface area contributed by atoms with Gasteiger partial charge in [0.25, 0.3) is 0 Å². The van der Waals surface area contributed by atoms with Crippen molar-refractivity contribution < 1.29 is 28.6 Å². The van der Waals surface area contributed by atoms with Gasteiger partial charge < -0.3 is 14.2 Å². The number of unbranched alkanes of at least 4 members (excludes halogenated alkanes) is 18. The van der Waals surface area contributed by atoms with E-state index in [9.17, 15) is 14.4 Å². The molecule has 0 aromatic rings. The van der Waals surface area contributed by atoms with Gasteiger partial charge in [0, 0.05) is 19.3 Å². The van der Waals surface area contributed by atoms with Gasteiger partial charge in [-0.2, -0.15) is 0 Å². The largest absolute Gasteiger partial charge is 0.462 e. The van der Waals surface area contributed by atoms with E-state index in [0.29, 0.717) is 19.3 Å². The van der Waals surface area contributed by atoms with E-state index in [1.54, 1.807) is 0 Å². The number of allylic oxidation sites excluding steroid dienone is 20. The standard InChI is InChI=1S/C63H102O6/c1-4-7-10-13-16-19-22-25-27-29-30-31-32-34-35-38-41-44-47-50-53-56-62(65)68-59-60(58-67-61(64)55-52-49-46-43-40-37-24-21-18-15-12-9-6-3)69-63(66)57-54-51-48-45-42-39-36-33-28-26-23-20-17-14-11-8-5-2/h8,11-12,15,17,20-22,24-26,28-30,32,34,36,39,45,48,60H,4-7,9-10,13-14,16,18-19,23,27,31,33,35,37-38,40-44,46-47,49-59H2,1-3H3/b11-8-,15-12-,20-17-,24-21-,25-22-,28-26-,30-29-,34-32-,39-36-,48-45-. The summed E-state index contributed by atoms with van der Waals surface area (Å²) in [5, 5.41) is 0. The van der Waals surface area contributed by atoms with Crippen molar-refractivity contribution in [3.8, 4) is 0 Å². The molecule has 0 aliphatic rings. The van der Waals surface area contributed by atoms with Crippen molar-refractivity contribution in [2.24, 2.45) is 0 Å². The maximum atomic E-state index is 12.8. The van der Waals surface area contributed by atoms with E-state index < -0.39 is 6.10 Å². The topological polar surface area (TPSA) is 78.9 Å². The molecule has 0 aliphatic carbocycles. The Balaban J connectivity index is 4.50. The first-order valence-electron chi connectivity index (χ1n) is 28.0. The second-order valence-corrected chi connectivity index (χ2v) is 18.1. The summed E-state index contributed by atoms with van der Waals surface area (Å²) in [6.07, 6.45) is 77.6. The second kappa shape index (κ2) is 56.4. The summed E-state index contributed by atoms with van der Waals surface area (Å²) in [5.41, 5.74) is 0. The summed E-state index contributed by atoms with van der Waals surface area (Å²) in [5.74, 6) is -1.00. The zero-order chi connectivity index (χ0) is 50.0. The van der Waals surface area contributed by atoms with Gasteiger partial charge in [-0.25, -0.2) is 0 Å². The smallest absolute Gasteiger partial charge is 0.306 e. The number of rotatable bonds is 49. The molecule has 0 fully saturated rings. The zero-order valence-corrected chi connectivity index (χ0v) is 44.5. The molecule has 6 nitrogen and oxygen atoms in total. The molecule has 69 heavy (non-hydrogen) atoms. The summed E-state index contributed by atoms with van der Waals surface area (Å²) < 4.78 is 16.8. The number of hydrogen-bond donors (Lipinski definition) is 0. The molecule has 0 heterocycles. The Bertz CT molecular complexity index is 1470. The number of carbonyl (C=O) groups is 3. The van der Waals surface area contributed by atoms with Crippen molar-refractivity contribution in [3.05, 3.63) is 122 Å². The van der Waals surface area contributed by atoms with Crippen LogP contribution in [0.1, 0.15) is 239 Å². The third-order valence-corrected chi connectivity index (χ3v) is 11.4. The summed E-state index contributed by atoms with van der Waals surface area (Å²) in [6.45, 7) is 6.37. The lowest BCUT2D eigenvalue weighted by molar-refractivity contribution is -0.167. The van der Waals surface area contributed by atoms with Crippen LogP contribution in [0.3, 0.4) is 0 Å². The van der Waals surface area contributed by atoms with Crippen molar-refractivity contribution in [1.82, 2.24) is 0 Å². The summed E-state index contributed by atoms with van der Waals surface area (Å²) in [4.78, 5) is 38.1. The van der Waals surface area contributed by atoms with E-state index in [2.05, 4.69) is 142 Å². The van der Waals surface area contributed by atoms with E-state index in [1.807, 2.05) is 0 Å². The highest BCUT2D eigenvalue weighted by Gasteiger charge is 2.19. The molecule has 0 spiro atoms. The van der Waals surface area contributed by atoms with Gasteiger partial charge >= 0.3 is 17.9 Å². The van der Waals surface area contributed by atoms with Crippen molar-refractivity contribution >= 4 is 17.9 Å². The number of carbonyl (C=O) groups excluding carboxylic acids is 3. The van der Waals surface area contributed by atoms with Gasteiger partial charge in [-0.1, -0.05) is 219 Å². The highest BCUT2D eigenvalue weighted by molar-refractivity contribution is 5.71. The van der Waals surface area contributed by atoms with Gasteiger partial charge in [0.1, 0.15) is 13.2 Å². The zero-order valence-electron chi connectivity index (χ0n) is 44.5. The van der Waals surface area contributed by atoms with E-state index in [4.69, 9.17) is 14.2 Å². The van der Waals surface area contributed by atoms with Crippen LogP contribution in [-0.2, 0) is 28.6 Å². The first kappa shape index (κ1) is 64.8. The van der Waals surface area contributed by atoms with Crippen LogP contribution < -0.4 is 0 Å². The van der Waals surface area contributed by atoms with Crippen LogP contribution in [0.25, 0.3) is 0 Å². The molecule has 0 aromatic heterocycles. The van der Waals surface area contributed by atoms with Crippen molar-refractivity contribution in [2.45, 2.75) is 245 Å². The molecule has 0 aliphatic heterocycles. The van der Waals surface area contributed by atoms with E-state index in [0.717, 1.165) is 135 Å². The fraction of sp³-hybridized carbons (Fsp3) is 0.635. The molecule has 0 N–H and O–H groups in total. The molecule has 0 bridgehead atoms. The Morgan fingerprint density at radius 2 is 0.609 bits per heavy atom. The molecule has 390 valence electrons. The molecular weight excluding hydrogens is 853 g/mol. The van der Waals surface area contributed by atoms with Crippen LogP contribution in [0, 0.1) is 0 Å². The molecule has 0 aromatic carbocycles. The minimum absolute atomic E-state index is 0.115. The average Bonchev–Trinajstić information content (AvgIpc) is 3.35. The van der Waals surface area contributed by atoms with Crippen molar-refractivity contribution in [1.29, 1.82) is 0 Å². The predicted octanol–water partition coefficient (Wildman–Crippen LogP) is 18.9. The van der Waals surface area contributed by atoms with Gasteiger partial charge in [-0.3, -0.25) is 14.4 Å². The van der Waals surface area contributed by atoms with Crippen LogP contribution in [0.5, 0.6) is 0 Å². The Morgan fingerprint density at radius 1 is 0.304 bits per heavy atom. The molecule has 0 saturated heterocycles.